The molecule has 7 atom stereocenters. The predicted molar refractivity (Wildman–Crippen MR) is 101 cm³/mol. The van der Waals surface area contributed by atoms with Gasteiger partial charge in [-0.1, -0.05) is 32.3 Å². The minimum absolute atomic E-state index is 0.102. The lowest BCUT2D eigenvalue weighted by atomic mass is 9.44. The summed E-state index contributed by atoms with van der Waals surface area (Å²) in [5, 5.41) is 9.22. The number of carbonyl (C=O) groups excluding carboxylic acids is 1. The molecule has 0 aliphatic heterocycles. The summed E-state index contributed by atoms with van der Waals surface area (Å²) < 4.78 is 5.92. The van der Waals surface area contributed by atoms with Crippen LogP contribution in [0.1, 0.15) is 78.6 Å². The van der Waals surface area contributed by atoms with E-state index in [-0.39, 0.29) is 17.5 Å². The third-order valence-corrected chi connectivity index (χ3v) is 8.97. The molecule has 0 aromatic rings. The maximum atomic E-state index is 11.8. The van der Waals surface area contributed by atoms with Crippen molar-refractivity contribution in [2.24, 2.45) is 34.5 Å². The molecule has 0 radical (unpaired) electrons. The van der Waals surface area contributed by atoms with Gasteiger partial charge in [0.1, 0.15) is 6.10 Å². The summed E-state index contributed by atoms with van der Waals surface area (Å²) in [4.78, 5) is 11.8. The lowest BCUT2D eigenvalue weighted by Gasteiger charge is -2.61. The first kappa shape index (κ1) is 18.1. The number of fused-ring (bicyclic) bond motifs is 5. The molecule has 0 aromatic heterocycles. The minimum atomic E-state index is -0.114. The largest absolute Gasteiger partial charge is 0.462 e. The van der Waals surface area contributed by atoms with Crippen molar-refractivity contribution >= 4 is 5.97 Å². The van der Waals surface area contributed by atoms with E-state index in [1.54, 1.807) is 6.92 Å². The van der Waals surface area contributed by atoms with Gasteiger partial charge in [-0.25, -0.2) is 0 Å². The summed E-state index contributed by atoms with van der Waals surface area (Å²) in [5.41, 5.74) is 1.89. The van der Waals surface area contributed by atoms with Gasteiger partial charge in [-0.2, -0.15) is 5.26 Å². The molecule has 0 N–H and O–H groups in total. The van der Waals surface area contributed by atoms with E-state index in [2.05, 4.69) is 19.9 Å². The zero-order valence-corrected chi connectivity index (χ0v) is 16.6. The van der Waals surface area contributed by atoms with Crippen LogP contribution in [0.4, 0.5) is 0 Å². The molecule has 26 heavy (non-hydrogen) atoms. The van der Waals surface area contributed by atoms with Gasteiger partial charge < -0.3 is 4.74 Å². The Hall–Kier alpha value is -1.30. The molecule has 0 heterocycles. The number of esters is 1. The average Bonchev–Trinajstić information content (AvgIpc) is 2.91. The highest BCUT2D eigenvalue weighted by molar-refractivity contribution is 5.66. The molecule has 5 unspecified atom stereocenters. The van der Waals surface area contributed by atoms with Crippen LogP contribution in [0.15, 0.2) is 11.6 Å². The van der Waals surface area contributed by atoms with Crippen LogP contribution in [0.5, 0.6) is 0 Å². The van der Waals surface area contributed by atoms with Gasteiger partial charge in [-0.3, -0.25) is 4.79 Å². The molecule has 142 valence electrons. The highest BCUT2D eigenvalue weighted by Crippen LogP contribution is 2.67. The van der Waals surface area contributed by atoms with Crippen molar-refractivity contribution < 1.29 is 9.53 Å². The minimum Gasteiger partial charge on any atom is -0.462 e. The number of rotatable bonds is 1. The summed E-state index contributed by atoms with van der Waals surface area (Å²) in [6, 6.07) is 2.30. The van der Waals surface area contributed by atoms with Crippen molar-refractivity contribution in [3.05, 3.63) is 11.6 Å². The van der Waals surface area contributed by atoms with Crippen molar-refractivity contribution in [1.82, 2.24) is 0 Å². The molecule has 4 aliphatic carbocycles. The Balaban J connectivity index is 1.69. The van der Waals surface area contributed by atoms with E-state index in [4.69, 9.17) is 4.74 Å². The third kappa shape index (κ3) is 2.55. The Morgan fingerprint density at radius 3 is 2.69 bits per heavy atom. The first-order valence-corrected chi connectivity index (χ1v) is 10.7. The lowest BCUT2D eigenvalue weighted by molar-refractivity contribution is -0.181. The normalized spacial score (nSPS) is 48.8. The van der Waals surface area contributed by atoms with Crippen molar-refractivity contribution in [2.75, 3.05) is 0 Å². The first-order chi connectivity index (χ1) is 12.4. The van der Waals surface area contributed by atoms with Gasteiger partial charge >= 0.3 is 5.97 Å². The molecule has 0 aromatic carbocycles. The number of allylic oxidation sites excluding steroid dienone is 2. The molecule has 0 saturated heterocycles. The summed E-state index contributed by atoms with van der Waals surface area (Å²) in [5.74, 6) is 2.48. The summed E-state index contributed by atoms with van der Waals surface area (Å²) in [6.45, 7) is 6.48. The Labute approximate surface area is 158 Å². The molecule has 4 aliphatic rings. The second kappa shape index (κ2) is 6.39. The Morgan fingerprint density at radius 2 is 1.96 bits per heavy atom. The molecule has 0 bridgehead atoms. The van der Waals surface area contributed by atoms with Crippen LogP contribution in [0, 0.1) is 45.8 Å². The molecule has 0 spiro atoms. The molecule has 0 amide bonds. The van der Waals surface area contributed by atoms with Crippen LogP contribution >= 0.6 is 0 Å². The van der Waals surface area contributed by atoms with E-state index in [1.807, 2.05) is 6.08 Å². The van der Waals surface area contributed by atoms with Crippen molar-refractivity contribution in [3.8, 4) is 6.07 Å². The van der Waals surface area contributed by atoms with E-state index < -0.39 is 0 Å². The number of hydrogen-bond acceptors (Lipinski definition) is 3. The molecule has 3 heteroatoms. The fourth-order valence-electron chi connectivity index (χ4n) is 7.83. The van der Waals surface area contributed by atoms with Crippen molar-refractivity contribution in [1.29, 1.82) is 5.26 Å². The number of carbonyl (C=O) groups is 1. The molecule has 4 rings (SSSR count). The average molecular weight is 356 g/mol. The molecule has 4 fully saturated rings. The van der Waals surface area contributed by atoms with E-state index in [1.165, 1.54) is 50.5 Å². The zero-order chi connectivity index (χ0) is 18.5. The van der Waals surface area contributed by atoms with Crippen LogP contribution in [0.3, 0.4) is 0 Å². The number of hydrogen-bond donors (Lipinski definition) is 0. The summed E-state index contributed by atoms with van der Waals surface area (Å²) in [6.07, 6.45) is 12.9. The van der Waals surface area contributed by atoms with Crippen LogP contribution in [-0.4, -0.2) is 12.1 Å². The SMILES string of the molecule is CC(=O)O[C@H]1CC2C3CC/C(=C/C#N)C3(C)CC[C@@H]2C2(C)CCCCC12. The quantitative estimate of drug-likeness (QED) is 0.467. The molecular weight excluding hydrogens is 322 g/mol. The van der Waals surface area contributed by atoms with Crippen LogP contribution in [0.25, 0.3) is 0 Å². The number of nitrogens with zero attached hydrogens (tertiary/aromatic N) is 1. The van der Waals surface area contributed by atoms with Gasteiger partial charge in [-0.05, 0) is 73.5 Å². The van der Waals surface area contributed by atoms with Gasteiger partial charge in [-0.15, -0.1) is 0 Å². The highest BCUT2D eigenvalue weighted by atomic mass is 16.5. The Bertz CT molecular complexity index is 662. The van der Waals surface area contributed by atoms with E-state index in [0.717, 1.165) is 18.8 Å². The Kier molecular flexibility index (Phi) is 4.45. The third-order valence-electron chi connectivity index (χ3n) is 8.97. The maximum absolute atomic E-state index is 11.8. The second-order valence-electron chi connectivity index (χ2n) is 9.91. The summed E-state index contributed by atoms with van der Waals surface area (Å²) in [7, 11) is 0. The second-order valence-corrected chi connectivity index (χ2v) is 9.91. The van der Waals surface area contributed by atoms with Crippen molar-refractivity contribution in [2.45, 2.75) is 84.7 Å². The lowest BCUT2D eigenvalue weighted by Crippen LogP contribution is -2.57. The molecule has 3 nitrogen and oxygen atoms in total. The number of ether oxygens (including phenoxy) is 1. The standard InChI is InChI=1S/C23H33NO2/c1-15(25)26-21-14-17-18-8-7-16(10-13-24)22(18,2)12-9-19(17)23(3)11-5-4-6-20(21)23/h10,17-21H,4-9,11-12,14H2,1-3H3/b16-10-/t17?,18?,19-,20?,21-,22?,23?/m0/s1. The Morgan fingerprint density at radius 1 is 1.15 bits per heavy atom. The zero-order valence-electron chi connectivity index (χ0n) is 16.6. The van der Waals surface area contributed by atoms with Gasteiger partial charge in [0, 0.05) is 18.9 Å². The molecule has 4 saturated carbocycles. The highest BCUT2D eigenvalue weighted by Gasteiger charge is 2.61. The van der Waals surface area contributed by atoms with E-state index >= 15 is 0 Å². The smallest absolute Gasteiger partial charge is 0.302 e. The van der Waals surface area contributed by atoms with Gasteiger partial charge in [0.2, 0.25) is 0 Å². The van der Waals surface area contributed by atoms with E-state index in [0.29, 0.717) is 23.2 Å². The first-order valence-electron chi connectivity index (χ1n) is 10.7. The summed E-state index contributed by atoms with van der Waals surface area (Å²) >= 11 is 0. The fourth-order valence-corrected chi connectivity index (χ4v) is 7.83. The predicted octanol–water partition coefficient (Wildman–Crippen LogP) is 5.41. The van der Waals surface area contributed by atoms with Crippen LogP contribution in [-0.2, 0) is 9.53 Å². The van der Waals surface area contributed by atoms with E-state index in [9.17, 15) is 10.1 Å². The monoisotopic (exact) mass is 355 g/mol. The van der Waals surface area contributed by atoms with Gasteiger partial charge in [0.25, 0.3) is 0 Å². The van der Waals surface area contributed by atoms with Gasteiger partial charge in [0.15, 0.2) is 0 Å². The number of nitriles is 1. The fraction of sp³-hybridized carbons (Fsp3) is 0.826. The van der Waals surface area contributed by atoms with Crippen LogP contribution < -0.4 is 0 Å². The van der Waals surface area contributed by atoms with Crippen molar-refractivity contribution in [3.63, 3.8) is 0 Å². The van der Waals surface area contributed by atoms with Gasteiger partial charge in [0.05, 0.1) is 6.07 Å². The van der Waals surface area contributed by atoms with Crippen LogP contribution in [0.2, 0.25) is 0 Å². The maximum Gasteiger partial charge on any atom is 0.302 e. The topological polar surface area (TPSA) is 50.1 Å². The molecular formula is C23H33NO2.